The number of nitrogens with zero attached hydrogens (tertiary/aromatic N) is 5. The Kier molecular flexibility index (Phi) is 2.37. The van der Waals surface area contributed by atoms with Gasteiger partial charge < -0.3 is 0 Å². The van der Waals surface area contributed by atoms with Crippen LogP contribution < -0.4 is 4.90 Å². The standard InChI is InChI=1S/C11H8FN5O2/c1-16-14-9(13-15-16)5-17-8-3-2-6(12)4-7(8)10(18)11(17)19/h2-4H,5H2,1H3. The van der Waals surface area contributed by atoms with E-state index in [4.69, 9.17) is 0 Å². The van der Waals surface area contributed by atoms with Crippen molar-refractivity contribution in [2.24, 2.45) is 7.05 Å². The summed E-state index contributed by atoms with van der Waals surface area (Å²) in [7, 11) is 1.59. The van der Waals surface area contributed by atoms with Gasteiger partial charge in [-0.25, -0.2) is 4.39 Å². The van der Waals surface area contributed by atoms with Crippen molar-refractivity contribution >= 4 is 17.4 Å². The molecule has 19 heavy (non-hydrogen) atoms. The summed E-state index contributed by atoms with van der Waals surface area (Å²) in [5.41, 5.74) is 0.428. The lowest BCUT2D eigenvalue weighted by atomic mass is 10.1. The summed E-state index contributed by atoms with van der Waals surface area (Å²) in [6.07, 6.45) is 0. The van der Waals surface area contributed by atoms with Gasteiger partial charge in [-0.1, -0.05) is 0 Å². The van der Waals surface area contributed by atoms with Gasteiger partial charge in [0.15, 0.2) is 5.82 Å². The first-order valence-corrected chi connectivity index (χ1v) is 5.45. The maximum Gasteiger partial charge on any atom is 0.299 e. The largest absolute Gasteiger partial charge is 0.299 e. The lowest BCUT2D eigenvalue weighted by Crippen LogP contribution is -2.29. The minimum atomic E-state index is -0.724. The number of aromatic nitrogens is 4. The van der Waals surface area contributed by atoms with Gasteiger partial charge >= 0.3 is 0 Å². The van der Waals surface area contributed by atoms with Crippen molar-refractivity contribution in [3.05, 3.63) is 35.4 Å². The fraction of sp³-hybridized carbons (Fsp3) is 0.182. The molecule has 96 valence electrons. The number of benzene rings is 1. The molecule has 0 unspecified atom stereocenters. The first kappa shape index (κ1) is 11.5. The van der Waals surface area contributed by atoms with Crippen LogP contribution in [-0.2, 0) is 18.4 Å². The van der Waals surface area contributed by atoms with Gasteiger partial charge in [-0.3, -0.25) is 14.5 Å². The van der Waals surface area contributed by atoms with Crippen LogP contribution >= 0.6 is 0 Å². The molecule has 0 fully saturated rings. The van der Waals surface area contributed by atoms with Crippen molar-refractivity contribution in [3.8, 4) is 0 Å². The molecule has 1 aromatic carbocycles. The van der Waals surface area contributed by atoms with E-state index in [1.165, 1.54) is 21.8 Å². The van der Waals surface area contributed by atoms with E-state index in [0.717, 1.165) is 6.07 Å². The molecule has 1 aliphatic rings. The number of carbonyl (C=O) groups is 2. The van der Waals surface area contributed by atoms with E-state index in [1.807, 2.05) is 0 Å². The van der Waals surface area contributed by atoms with E-state index in [0.29, 0.717) is 11.5 Å². The molecular formula is C11H8FN5O2. The number of aryl methyl sites for hydroxylation is 1. The molecule has 1 aliphatic heterocycles. The number of hydrogen-bond donors (Lipinski definition) is 0. The Bertz CT molecular complexity index is 696. The van der Waals surface area contributed by atoms with Crippen LogP contribution in [0.25, 0.3) is 0 Å². The Morgan fingerprint density at radius 3 is 2.79 bits per heavy atom. The maximum atomic E-state index is 13.1. The van der Waals surface area contributed by atoms with E-state index in [2.05, 4.69) is 15.4 Å². The molecule has 0 N–H and O–H groups in total. The van der Waals surface area contributed by atoms with Crippen molar-refractivity contribution < 1.29 is 14.0 Å². The Hall–Kier alpha value is -2.64. The second kappa shape index (κ2) is 3.94. The molecule has 0 saturated heterocycles. The Morgan fingerprint density at radius 1 is 1.32 bits per heavy atom. The number of Topliss-reactive ketones (excluding diaryl/α,β-unsaturated/α-hetero) is 1. The van der Waals surface area contributed by atoms with E-state index >= 15 is 0 Å². The average Bonchev–Trinajstić information content (AvgIpc) is 2.88. The quantitative estimate of drug-likeness (QED) is 0.715. The predicted octanol–water partition coefficient (Wildman–Crippen LogP) is 0.0787. The SMILES string of the molecule is Cn1nnc(CN2C(=O)C(=O)c3cc(F)ccc32)n1. The summed E-state index contributed by atoms with van der Waals surface area (Å²) in [4.78, 5) is 26.1. The lowest BCUT2D eigenvalue weighted by molar-refractivity contribution is -0.114. The number of anilines is 1. The van der Waals surface area contributed by atoms with Crippen molar-refractivity contribution in [2.75, 3.05) is 4.90 Å². The summed E-state index contributed by atoms with van der Waals surface area (Å²) >= 11 is 0. The van der Waals surface area contributed by atoms with Gasteiger partial charge in [0.2, 0.25) is 0 Å². The third kappa shape index (κ3) is 1.77. The van der Waals surface area contributed by atoms with E-state index in [-0.39, 0.29) is 12.1 Å². The summed E-state index contributed by atoms with van der Waals surface area (Å²) in [5, 5.41) is 11.3. The summed E-state index contributed by atoms with van der Waals surface area (Å²) in [6, 6.07) is 3.64. The molecule has 2 heterocycles. The molecule has 0 saturated carbocycles. The van der Waals surface area contributed by atoms with Gasteiger partial charge in [0.05, 0.1) is 24.8 Å². The van der Waals surface area contributed by atoms with Crippen LogP contribution in [0, 0.1) is 5.82 Å². The van der Waals surface area contributed by atoms with Crippen LogP contribution in [-0.4, -0.2) is 31.9 Å². The van der Waals surface area contributed by atoms with E-state index in [1.54, 1.807) is 7.05 Å². The second-order valence-electron chi connectivity index (χ2n) is 4.08. The molecule has 0 aliphatic carbocycles. The van der Waals surface area contributed by atoms with Crippen LogP contribution in [0.1, 0.15) is 16.2 Å². The number of fused-ring (bicyclic) bond motifs is 1. The second-order valence-corrected chi connectivity index (χ2v) is 4.08. The predicted molar refractivity (Wildman–Crippen MR) is 60.7 cm³/mol. The fourth-order valence-electron chi connectivity index (χ4n) is 1.96. The highest BCUT2D eigenvalue weighted by Gasteiger charge is 2.36. The average molecular weight is 261 g/mol. The molecule has 0 radical (unpaired) electrons. The minimum absolute atomic E-state index is 0.0248. The lowest BCUT2D eigenvalue weighted by Gasteiger charge is -2.13. The Balaban J connectivity index is 1.99. The number of tetrazole rings is 1. The number of halogens is 1. The molecule has 0 bridgehead atoms. The summed E-state index contributed by atoms with van der Waals surface area (Å²) in [6.45, 7) is 0.0248. The monoisotopic (exact) mass is 261 g/mol. The van der Waals surface area contributed by atoms with Gasteiger partial charge in [-0.05, 0) is 23.4 Å². The highest BCUT2D eigenvalue weighted by molar-refractivity contribution is 6.52. The zero-order valence-electron chi connectivity index (χ0n) is 9.87. The highest BCUT2D eigenvalue weighted by Crippen LogP contribution is 2.30. The first-order valence-electron chi connectivity index (χ1n) is 5.45. The van der Waals surface area contributed by atoms with Crippen molar-refractivity contribution in [2.45, 2.75) is 6.54 Å². The number of rotatable bonds is 2. The minimum Gasteiger partial charge on any atom is -0.297 e. The molecule has 7 nitrogen and oxygen atoms in total. The van der Waals surface area contributed by atoms with Crippen molar-refractivity contribution in [1.82, 2.24) is 20.2 Å². The third-order valence-corrected chi connectivity index (χ3v) is 2.78. The van der Waals surface area contributed by atoms with Crippen LogP contribution in [0.15, 0.2) is 18.2 Å². The van der Waals surface area contributed by atoms with Gasteiger partial charge in [-0.15, -0.1) is 10.2 Å². The van der Waals surface area contributed by atoms with Crippen molar-refractivity contribution in [1.29, 1.82) is 0 Å². The first-order chi connectivity index (χ1) is 9.06. The van der Waals surface area contributed by atoms with Crippen molar-refractivity contribution in [3.63, 3.8) is 0 Å². The Labute approximate surface area is 106 Å². The van der Waals surface area contributed by atoms with E-state index < -0.39 is 17.5 Å². The molecule has 3 rings (SSSR count). The zero-order chi connectivity index (χ0) is 13.6. The molecule has 2 aromatic rings. The fourth-order valence-corrected chi connectivity index (χ4v) is 1.96. The van der Waals surface area contributed by atoms with Gasteiger partial charge in [0.25, 0.3) is 11.7 Å². The van der Waals surface area contributed by atoms with E-state index in [9.17, 15) is 14.0 Å². The zero-order valence-corrected chi connectivity index (χ0v) is 9.87. The summed E-state index contributed by atoms with van der Waals surface area (Å²) in [5.74, 6) is -1.69. The molecule has 8 heteroatoms. The molecule has 0 atom stereocenters. The normalized spacial score (nSPS) is 14.1. The van der Waals surface area contributed by atoms with Gasteiger partial charge in [0, 0.05) is 0 Å². The maximum absolute atomic E-state index is 13.1. The number of ketones is 1. The summed E-state index contributed by atoms with van der Waals surface area (Å²) < 4.78 is 13.1. The van der Waals surface area contributed by atoms with Crippen LogP contribution in [0.3, 0.4) is 0 Å². The molecule has 1 aromatic heterocycles. The van der Waals surface area contributed by atoms with Crippen LogP contribution in [0.2, 0.25) is 0 Å². The number of carbonyl (C=O) groups excluding carboxylic acids is 2. The molecule has 0 spiro atoms. The highest BCUT2D eigenvalue weighted by atomic mass is 19.1. The Morgan fingerprint density at radius 2 is 2.11 bits per heavy atom. The topological polar surface area (TPSA) is 81.0 Å². The van der Waals surface area contributed by atoms with Crippen LogP contribution in [0.5, 0.6) is 0 Å². The third-order valence-electron chi connectivity index (χ3n) is 2.78. The van der Waals surface area contributed by atoms with Gasteiger partial charge in [0.1, 0.15) is 5.82 Å². The smallest absolute Gasteiger partial charge is 0.297 e. The number of hydrogen-bond acceptors (Lipinski definition) is 5. The molecule has 1 amide bonds. The molecular weight excluding hydrogens is 253 g/mol. The van der Waals surface area contributed by atoms with Gasteiger partial charge in [-0.2, -0.15) is 4.80 Å². The van der Waals surface area contributed by atoms with Crippen LogP contribution in [0.4, 0.5) is 10.1 Å². The number of amides is 1.